The lowest BCUT2D eigenvalue weighted by Gasteiger charge is -2.09. The molecule has 0 saturated carbocycles. The topological polar surface area (TPSA) is 75.3 Å². The number of carbonyl (C=O) groups is 1. The van der Waals surface area contributed by atoms with Crippen molar-refractivity contribution in [3.8, 4) is 0 Å². The van der Waals surface area contributed by atoms with Gasteiger partial charge in [-0.15, -0.1) is 0 Å². The molecule has 0 aliphatic heterocycles. The van der Waals surface area contributed by atoms with Crippen LogP contribution in [0.25, 0.3) is 0 Å². The Morgan fingerprint density at radius 2 is 1.83 bits per heavy atom. The van der Waals surface area contributed by atoms with E-state index >= 15 is 0 Å². The summed E-state index contributed by atoms with van der Waals surface area (Å²) in [7, 11) is -3.71. The SMILES string of the molecule is CCCNC(=O)c1cccc(S(=O)(=O)NCc2ccc(Cl)cc2)c1. The van der Waals surface area contributed by atoms with Gasteiger partial charge in [0.2, 0.25) is 10.0 Å². The van der Waals surface area contributed by atoms with Gasteiger partial charge in [-0.3, -0.25) is 4.79 Å². The number of nitrogens with one attached hydrogen (secondary N) is 2. The van der Waals surface area contributed by atoms with Crippen LogP contribution in [-0.2, 0) is 16.6 Å². The Labute approximate surface area is 147 Å². The molecule has 5 nitrogen and oxygen atoms in total. The normalized spacial score (nSPS) is 11.2. The number of hydrogen-bond acceptors (Lipinski definition) is 3. The van der Waals surface area contributed by atoms with Crippen LogP contribution in [0.5, 0.6) is 0 Å². The molecule has 7 heteroatoms. The lowest BCUT2D eigenvalue weighted by Crippen LogP contribution is -2.26. The van der Waals surface area contributed by atoms with Crippen molar-refractivity contribution >= 4 is 27.5 Å². The highest BCUT2D eigenvalue weighted by atomic mass is 35.5. The van der Waals surface area contributed by atoms with Crippen LogP contribution >= 0.6 is 11.6 Å². The van der Waals surface area contributed by atoms with Gasteiger partial charge in [0, 0.05) is 23.7 Å². The summed E-state index contributed by atoms with van der Waals surface area (Å²) in [6.07, 6.45) is 0.812. The predicted octanol–water partition coefficient (Wildman–Crippen LogP) is 2.96. The number of amides is 1. The average molecular weight is 367 g/mol. The van der Waals surface area contributed by atoms with Crippen LogP contribution in [0.15, 0.2) is 53.4 Å². The third-order valence-corrected chi connectivity index (χ3v) is 4.97. The van der Waals surface area contributed by atoms with Gasteiger partial charge in [0.15, 0.2) is 0 Å². The van der Waals surface area contributed by atoms with E-state index in [0.29, 0.717) is 17.1 Å². The Morgan fingerprint density at radius 3 is 2.50 bits per heavy atom. The zero-order valence-corrected chi connectivity index (χ0v) is 14.8. The van der Waals surface area contributed by atoms with E-state index in [-0.39, 0.29) is 17.3 Å². The summed E-state index contributed by atoms with van der Waals surface area (Å²) in [5, 5.41) is 3.31. The maximum Gasteiger partial charge on any atom is 0.251 e. The fraction of sp³-hybridized carbons (Fsp3) is 0.235. The van der Waals surface area contributed by atoms with Crippen LogP contribution in [0.4, 0.5) is 0 Å². The van der Waals surface area contributed by atoms with Gasteiger partial charge in [-0.1, -0.05) is 36.7 Å². The maximum atomic E-state index is 12.4. The third kappa shape index (κ3) is 5.06. The Morgan fingerprint density at radius 1 is 1.12 bits per heavy atom. The van der Waals surface area contributed by atoms with E-state index in [0.717, 1.165) is 12.0 Å². The summed E-state index contributed by atoms with van der Waals surface area (Å²) < 4.78 is 27.3. The van der Waals surface area contributed by atoms with E-state index in [1.165, 1.54) is 12.1 Å². The first-order chi connectivity index (χ1) is 11.4. The van der Waals surface area contributed by atoms with E-state index in [2.05, 4.69) is 10.0 Å². The van der Waals surface area contributed by atoms with Crippen LogP contribution in [0.3, 0.4) is 0 Å². The van der Waals surface area contributed by atoms with Gasteiger partial charge >= 0.3 is 0 Å². The van der Waals surface area contributed by atoms with Crippen LogP contribution in [0, 0.1) is 0 Å². The molecule has 1 amide bonds. The van der Waals surface area contributed by atoms with Crippen LogP contribution < -0.4 is 10.0 Å². The second kappa shape index (κ2) is 8.28. The molecule has 0 atom stereocenters. The molecule has 0 radical (unpaired) electrons. The quantitative estimate of drug-likeness (QED) is 0.791. The molecule has 0 aromatic heterocycles. The minimum absolute atomic E-state index is 0.0561. The number of sulfonamides is 1. The summed E-state index contributed by atoms with van der Waals surface area (Å²) >= 11 is 5.80. The summed E-state index contributed by atoms with van der Waals surface area (Å²) in [6, 6.07) is 12.9. The van der Waals surface area contributed by atoms with Crippen LogP contribution in [0.2, 0.25) is 5.02 Å². The van der Waals surface area contributed by atoms with E-state index in [9.17, 15) is 13.2 Å². The van der Waals surface area contributed by atoms with Crippen molar-refractivity contribution < 1.29 is 13.2 Å². The average Bonchev–Trinajstić information content (AvgIpc) is 2.59. The standard InChI is InChI=1S/C17H19ClN2O3S/c1-2-10-19-17(21)14-4-3-5-16(11-14)24(22,23)20-12-13-6-8-15(18)9-7-13/h3-9,11,20H,2,10,12H2,1H3,(H,19,21). The highest BCUT2D eigenvalue weighted by Gasteiger charge is 2.16. The predicted molar refractivity (Wildman–Crippen MR) is 94.5 cm³/mol. The zero-order chi connectivity index (χ0) is 17.6. The molecule has 0 saturated heterocycles. The highest BCUT2D eigenvalue weighted by Crippen LogP contribution is 2.14. The fourth-order valence-corrected chi connectivity index (χ4v) is 3.20. The van der Waals surface area contributed by atoms with E-state index in [1.807, 2.05) is 6.92 Å². The Kier molecular flexibility index (Phi) is 6.36. The van der Waals surface area contributed by atoms with Gasteiger partial charge in [-0.2, -0.15) is 0 Å². The van der Waals surface area contributed by atoms with Crippen molar-refractivity contribution in [3.05, 3.63) is 64.7 Å². The van der Waals surface area contributed by atoms with Crippen molar-refractivity contribution in [3.63, 3.8) is 0 Å². The molecule has 0 bridgehead atoms. The molecule has 0 spiro atoms. The molecule has 0 unspecified atom stereocenters. The van der Waals surface area contributed by atoms with E-state index in [4.69, 9.17) is 11.6 Å². The number of rotatable bonds is 7. The van der Waals surface area contributed by atoms with Crippen LogP contribution in [0.1, 0.15) is 29.3 Å². The molecule has 24 heavy (non-hydrogen) atoms. The highest BCUT2D eigenvalue weighted by molar-refractivity contribution is 7.89. The van der Waals surface area contributed by atoms with Crippen molar-refractivity contribution in [2.75, 3.05) is 6.54 Å². The molecular formula is C17H19ClN2O3S. The zero-order valence-electron chi connectivity index (χ0n) is 13.3. The van der Waals surface area contributed by atoms with Crippen LogP contribution in [-0.4, -0.2) is 20.9 Å². The first-order valence-electron chi connectivity index (χ1n) is 7.55. The third-order valence-electron chi connectivity index (χ3n) is 3.32. The number of benzene rings is 2. The second-order valence-corrected chi connectivity index (χ2v) is 7.44. The van der Waals surface area contributed by atoms with Gasteiger partial charge in [-0.25, -0.2) is 13.1 Å². The van der Waals surface area contributed by atoms with Gasteiger partial charge < -0.3 is 5.32 Å². The van der Waals surface area contributed by atoms with E-state index < -0.39 is 10.0 Å². The Bertz CT molecular complexity index is 805. The Hall–Kier alpha value is -1.89. The van der Waals surface area contributed by atoms with Gasteiger partial charge in [0.1, 0.15) is 0 Å². The first-order valence-corrected chi connectivity index (χ1v) is 9.41. The minimum Gasteiger partial charge on any atom is -0.352 e. The molecule has 0 fully saturated rings. The molecule has 2 aromatic carbocycles. The monoisotopic (exact) mass is 366 g/mol. The van der Waals surface area contributed by atoms with Crippen molar-refractivity contribution in [2.45, 2.75) is 24.8 Å². The number of hydrogen-bond donors (Lipinski definition) is 2. The molecular weight excluding hydrogens is 348 g/mol. The van der Waals surface area contributed by atoms with Crippen molar-refractivity contribution in [1.29, 1.82) is 0 Å². The summed E-state index contributed by atoms with van der Waals surface area (Å²) in [5.41, 5.74) is 1.11. The summed E-state index contributed by atoms with van der Waals surface area (Å²) in [5.74, 6) is -0.286. The van der Waals surface area contributed by atoms with Gasteiger partial charge in [-0.05, 0) is 42.3 Å². The van der Waals surface area contributed by atoms with Gasteiger partial charge in [0.25, 0.3) is 5.91 Å². The van der Waals surface area contributed by atoms with E-state index in [1.54, 1.807) is 36.4 Å². The lowest BCUT2D eigenvalue weighted by atomic mass is 10.2. The molecule has 2 N–H and O–H groups in total. The van der Waals surface area contributed by atoms with Gasteiger partial charge in [0.05, 0.1) is 4.90 Å². The number of halogens is 1. The molecule has 0 aliphatic rings. The summed E-state index contributed by atoms with van der Waals surface area (Å²) in [6.45, 7) is 2.64. The minimum atomic E-state index is -3.71. The summed E-state index contributed by atoms with van der Waals surface area (Å²) in [4.78, 5) is 12.0. The second-order valence-electron chi connectivity index (χ2n) is 5.23. The molecule has 2 rings (SSSR count). The first kappa shape index (κ1) is 18.4. The molecule has 0 heterocycles. The largest absolute Gasteiger partial charge is 0.352 e. The Balaban J connectivity index is 2.11. The van der Waals surface area contributed by atoms with Crippen molar-refractivity contribution in [2.24, 2.45) is 0 Å². The number of carbonyl (C=O) groups excluding carboxylic acids is 1. The lowest BCUT2D eigenvalue weighted by molar-refractivity contribution is 0.0953. The molecule has 0 aliphatic carbocycles. The fourth-order valence-electron chi connectivity index (χ4n) is 2.01. The smallest absolute Gasteiger partial charge is 0.251 e. The molecule has 128 valence electrons. The maximum absolute atomic E-state index is 12.4. The van der Waals surface area contributed by atoms with Crippen molar-refractivity contribution in [1.82, 2.24) is 10.0 Å². The molecule has 2 aromatic rings.